The van der Waals surface area contributed by atoms with Crippen molar-refractivity contribution in [1.82, 2.24) is 9.88 Å². The maximum atomic E-state index is 12.3. The van der Waals surface area contributed by atoms with Gasteiger partial charge in [0.05, 0.1) is 0 Å². The van der Waals surface area contributed by atoms with Crippen molar-refractivity contribution in [3.8, 4) is 0 Å². The van der Waals surface area contributed by atoms with Crippen molar-refractivity contribution in [2.45, 2.75) is 13.0 Å². The van der Waals surface area contributed by atoms with Crippen LogP contribution in [0.25, 0.3) is 10.4 Å². The topological polar surface area (TPSA) is 82.0 Å². The Kier molecular flexibility index (Phi) is 3.53. The summed E-state index contributed by atoms with van der Waals surface area (Å²) in [4.78, 5) is 21.2. The van der Waals surface area contributed by atoms with E-state index in [0.29, 0.717) is 30.8 Å². The van der Waals surface area contributed by atoms with E-state index in [1.807, 2.05) is 18.2 Å². The summed E-state index contributed by atoms with van der Waals surface area (Å²) in [5.41, 5.74) is 11.5. The van der Waals surface area contributed by atoms with Crippen LogP contribution in [0.1, 0.15) is 21.6 Å². The van der Waals surface area contributed by atoms with E-state index in [4.69, 9.17) is 5.53 Å². The lowest BCUT2D eigenvalue weighted by Gasteiger charge is -2.15. The van der Waals surface area contributed by atoms with Crippen molar-refractivity contribution in [2.24, 2.45) is 5.11 Å². The first-order valence-corrected chi connectivity index (χ1v) is 6.66. The quantitative estimate of drug-likeness (QED) is 0.489. The van der Waals surface area contributed by atoms with Gasteiger partial charge in [0.25, 0.3) is 5.91 Å². The molecule has 0 aliphatic carbocycles. The Labute approximate surface area is 121 Å². The largest absolute Gasteiger partial charge is 0.334 e. The molecule has 1 aromatic carbocycles. The summed E-state index contributed by atoms with van der Waals surface area (Å²) in [6, 6.07) is 11.0. The van der Waals surface area contributed by atoms with Gasteiger partial charge >= 0.3 is 0 Å². The number of hydrogen-bond donors (Lipinski definition) is 0. The minimum Gasteiger partial charge on any atom is -0.334 e. The first-order chi connectivity index (χ1) is 10.3. The highest BCUT2D eigenvalue weighted by Gasteiger charge is 2.28. The van der Waals surface area contributed by atoms with Gasteiger partial charge in [-0.1, -0.05) is 23.3 Å². The van der Waals surface area contributed by atoms with E-state index in [-0.39, 0.29) is 5.91 Å². The molecular formula is C15H13N5O. The number of nitrogens with zero attached hydrogens (tertiary/aromatic N) is 5. The predicted molar refractivity (Wildman–Crippen MR) is 77.9 cm³/mol. The van der Waals surface area contributed by atoms with E-state index in [9.17, 15) is 4.79 Å². The minimum atomic E-state index is -0.0177. The normalized spacial score (nSPS) is 13.0. The predicted octanol–water partition coefficient (Wildman–Crippen LogP) is 3.22. The van der Waals surface area contributed by atoms with Crippen LogP contribution >= 0.6 is 0 Å². The molecule has 0 unspecified atom stereocenters. The average molecular weight is 279 g/mol. The number of amides is 1. The van der Waals surface area contributed by atoms with Crippen molar-refractivity contribution < 1.29 is 4.79 Å². The van der Waals surface area contributed by atoms with Gasteiger partial charge < -0.3 is 4.90 Å². The van der Waals surface area contributed by atoms with Gasteiger partial charge in [-0.05, 0) is 29.3 Å². The Hall–Kier alpha value is -2.85. The summed E-state index contributed by atoms with van der Waals surface area (Å²) in [6.07, 6.45) is 2.45. The molecule has 0 fully saturated rings. The monoisotopic (exact) mass is 279 g/mol. The summed E-state index contributed by atoms with van der Waals surface area (Å²) in [5, 5.41) is 3.65. The van der Waals surface area contributed by atoms with Gasteiger partial charge in [0.15, 0.2) is 0 Å². The molecule has 0 spiro atoms. The molecule has 0 bridgehead atoms. The first-order valence-electron chi connectivity index (χ1n) is 6.66. The standard InChI is InChI=1S/C15H13N5O/c16-19-18-14-6-3-5-12-13(14)10-20(15(12)21)9-7-11-4-1-2-8-17-11/h1-6,8H,7,9-10H2. The van der Waals surface area contributed by atoms with Crippen LogP contribution in [0.5, 0.6) is 0 Å². The SMILES string of the molecule is [N-]=[N+]=Nc1cccc2c1CN(CCc1ccccn1)C2=O. The summed E-state index contributed by atoms with van der Waals surface area (Å²) in [7, 11) is 0. The van der Waals surface area contributed by atoms with Gasteiger partial charge in [-0.25, -0.2) is 0 Å². The zero-order valence-electron chi connectivity index (χ0n) is 11.3. The molecule has 2 heterocycles. The third kappa shape index (κ3) is 2.57. The van der Waals surface area contributed by atoms with Gasteiger partial charge in [0.1, 0.15) is 0 Å². The zero-order valence-corrected chi connectivity index (χ0v) is 11.3. The van der Waals surface area contributed by atoms with Gasteiger partial charge in [0, 0.05) is 47.6 Å². The number of azide groups is 1. The Bertz CT molecular complexity index is 722. The average Bonchev–Trinajstić information content (AvgIpc) is 2.84. The molecule has 104 valence electrons. The van der Waals surface area contributed by atoms with Gasteiger partial charge in [-0.15, -0.1) is 0 Å². The van der Waals surface area contributed by atoms with Crippen molar-refractivity contribution in [2.75, 3.05) is 6.54 Å². The number of aromatic nitrogens is 1. The highest BCUT2D eigenvalue weighted by molar-refractivity contribution is 5.99. The number of rotatable bonds is 4. The molecule has 0 saturated carbocycles. The second kappa shape index (κ2) is 5.64. The highest BCUT2D eigenvalue weighted by Crippen LogP contribution is 2.31. The van der Waals surface area contributed by atoms with Crippen LogP contribution in [-0.2, 0) is 13.0 Å². The molecule has 3 rings (SSSR count). The van der Waals surface area contributed by atoms with Gasteiger partial charge in [-0.3, -0.25) is 9.78 Å². The Morgan fingerprint density at radius 3 is 2.95 bits per heavy atom. The van der Waals surface area contributed by atoms with Crippen LogP contribution in [-0.4, -0.2) is 22.3 Å². The van der Waals surface area contributed by atoms with Crippen LogP contribution in [0.4, 0.5) is 5.69 Å². The summed E-state index contributed by atoms with van der Waals surface area (Å²) >= 11 is 0. The lowest BCUT2D eigenvalue weighted by Crippen LogP contribution is -2.26. The smallest absolute Gasteiger partial charge is 0.254 e. The van der Waals surface area contributed by atoms with E-state index in [0.717, 1.165) is 11.3 Å². The molecule has 2 aromatic rings. The summed E-state index contributed by atoms with van der Waals surface area (Å²) < 4.78 is 0. The Balaban J connectivity index is 1.77. The third-order valence-electron chi connectivity index (χ3n) is 3.53. The molecule has 1 aliphatic rings. The molecule has 6 heteroatoms. The molecule has 0 N–H and O–H groups in total. The number of carbonyl (C=O) groups excluding carboxylic acids is 1. The molecule has 1 aliphatic heterocycles. The van der Waals surface area contributed by atoms with E-state index < -0.39 is 0 Å². The van der Waals surface area contributed by atoms with E-state index >= 15 is 0 Å². The highest BCUT2D eigenvalue weighted by atomic mass is 16.2. The number of hydrogen-bond acceptors (Lipinski definition) is 3. The molecule has 6 nitrogen and oxygen atoms in total. The van der Waals surface area contributed by atoms with Crippen LogP contribution < -0.4 is 0 Å². The lowest BCUT2D eigenvalue weighted by molar-refractivity contribution is 0.0780. The number of fused-ring (bicyclic) bond motifs is 1. The zero-order chi connectivity index (χ0) is 14.7. The van der Waals surface area contributed by atoms with Crippen LogP contribution in [0.15, 0.2) is 47.7 Å². The molecule has 1 amide bonds. The fourth-order valence-corrected chi connectivity index (χ4v) is 2.49. The van der Waals surface area contributed by atoms with Crippen LogP contribution in [0.2, 0.25) is 0 Å². The second-order valence-electron chi connectivity index (χ2n) is 4.79. The fraction of sp³-hybridized carbons (Fsp3) is 0.200. The number of pyridine rings is 1. The Morgan fingerprint density at radius 1 is 1.29 bits per heavy atom. The van der Waals surface area contributed by atoms with Crippen molar-refractivity contribution in [1.29, 1.82) is 0 Å². The van der Waals surface area contributed by atoms with E-state index in [1.165, 1.54) is 0 Å². The maximum Gasteiger partial charge on any atom is 0.254 e. The van der Waals surface area contributed by atoms with Crippen LogP contribution in [0.3, 0.4) is 0 Å². The minimum absolute atomic E-state index is 0.0177. The summed E-state index contributed by atoms with van der Waals surface area (Å²) in [5.74, 6) is -0.0177. The third-order valence-corrected chi connectivity index (χ3v) is 3.53. The maximum absolute atomic E-state index is 12.3. The van der Waals surface area contributed by atoms with Gasteiger partial charge in [-0.2, -0.15) is 0 Å². The first kappa shape index (κ1) is 13.1. The van der Waals surface area contributed by atoms with Crippen LogP contribution in [0, 0.1) is 0 Å². The van der Waals surface area contributed by atoms with Crippen molar-refractivity contribution in [3.63, 3.8) is 0 Å². The molecular weight excluding hydrogens is 266 g/mol. The van der Waals surface area contributed by atoms with Crippen molar-refractivity contribution in [3.05, 3.63) is 69.9 Å². The summed E-state index contributed by atoms with van der Waals surface area (Å²) in [6.45, 7) is 1.08. The van der Waals surface area contributed by atoms with Gasteiger partial charge in [0.2, 0.25) is 0 Å². The van der Waals surface area contributed by atoms with Crippen molar-refractivity contribution >= 4 is 11.6 Å². The Morgan fingerprint density at radius 2 is 2.19 bits per heavy atom. The molecule has 1 aromatic heterocycles. The molecule has 0 radical (unpaired) electrons. The molecule has 0 atom stereocenters. The lowest BCUT2D eigenvalue weighted by atomic mass is 10.1. The number of benzene rings is 1. The molecule has 21 heavy (non-hydrogen) atoms. The number of carbonyl (C=O) groups is 1. The fourth-order valence-electron chi connectivity index (χ4n) is 2.49. The molecule has 0 saturated heterocycles. The second-order valence-corrected chi connectivity index (χ2v) is 4.79. The van der Waals surface area contributed by atoms with E-state index in [1.54, 1.807) is 29.3 Å². The van der Waals surface area contributed by atoms with E-state index in [2.05, 4.69) is 15.0 Å².